The van der Waals surface area contributed by atoms with Crippen molar-refractivity contribution < 1.29 is 19.7 Å². The topological polar surface area (TPSA) is 87.8 Å². The first kappa shape index (κ1) is 22.5. The van der Waals surface area contributed by atoms with E-state index in [0.717, 1.165) is 37.1 Å². The highest BCUT2D eigenvalue weighted by molar-refractivity contribution is 5.89. The van der Waals surface area contributed by atoms with Crippen LogP contribution >= 0.6 is 0 Å². The van der Waals surface area contributed by atoms with Crippen molar-refractivity contribution in [3.8, 4) is 0 Å². The minimum Gasteiger partial charge on any atom is -0.465 e. The smallest absolute Gasteiger partial charge is 0.337 e. The average molecular weight is 438 g/mol. The van der Waals surface area contributed by atoms with Gasteiger partial charge in [0, 0.05) is 30.9 Å². The molecule has 0 amide bonds. The van der Waals surface area contributed by atoms with Crippen LogP contribution in [0.25, 0.3) is 11.0 Å². The van der Waals surface area contributed by atoms with Gasteiger partial charge in [-0.05, 0) is 74.2 Å². The third-order valence-corrected chi connectivity index (χ3v) is 6.36. The maximum atomic E-state index is 11.6. The van der Waals surface area contributed by atoms with Crippen molar-refractivity contribution >= 4 is 17.0 Å². The first-order chi connectivity index (χ1) is 15.4. The van der Waals surface area contributed by atoms with Gasteiger partial charge in [0.1, 0.15) is 5.65 Å². The summed E-state index contributed by atoms with van der Waals surface area (Å²) in [4.78, 5) is 18.5. The summed E-state index contributed by atoms with van der Waals surface area (Å²) in [5.41, 5.74) is 2.87. The molecule has 170 valence electrons. The fourth-order valence-corrected chi connectivity index (χ4v) is 4.59. The Balaban J connectivity index is 1.47. The lowest BCUT2D eigenvalue weighted by Gasteiger charge is -2.36. The molecule has 1 aliphatic rings. The fourth-order valence-electron chi connectivity index (χ4n) is 4.59. The van der Waals surface area contributed by atoms with Gasteiger partial charge < -0.3 is 24.4 Å². The van der Waals surface area contributed by atoms with Crippen molar-refractivity contribution in [3.63, 3.8) is 0 Å². The van der Waals surface area contributed by atoms with Crippen LogP contribution in [0.15, 0.2) is 48.8 Å². The van der Waals surface area contributed by atoms with Gasteiger partial charge in [-0.3, -0.25) is 0 Å². The number of carbonyl (C=O) groups is 1. The maximum Gasteiger partial charge on any atom is 0.337 e. The number of aromatic nitrogens is 2. The molecule has 7 heteroatoms. The first-order valence-corrected chi connectivity index (χ1v) is 11.1. The number of hydrogen-bond donors (Lipinski definition) is 2. The van der Waals surface area contributed by atoms with Gasteiger partial charge in [0.25, 0.3) is 0 Å². The molecule has 1 unspecified atom stereocenters. The van der Waals surface area contributed by atoms with E-state index in [4.69, 9.17) is 4.74 Å². The van der Waals surface area contributed by atoms with Gasteiger partial charge >= 0.3 is 5.97 Å². The molecule has 0 radical (unpaired) electrons. The molecule has 1 atom stereocenters. The molecule has 7 nitrogen and oxygen atoms in total. The summed E-state index contributed by atoms with van der Waals surface area (Å²) >= 11 is 0. The highest BCUT2D eigenvalue weighted by Crippen LogP contribution is 2.33. The van der Waals surface area contributed by atoms with E-state index in [-0.39, 0.29) is 12.6 Å². The molecule has 0 aliphatic carbocycles. The Bertz CT molecular complexity index is 1070. The first-order valence-electron chi connectivity index (χ1n) is 11.1. The van der Waals surface area contributed by atoms with Crippen molar-refractivity contribution in [2.45, 2.75) is 37.8 Å². The van der Waals surface area contributed by atoms with Crippen LogP contribution in [0.3, 0.4) is 0 Å². The molecular formula is C25H31N3O4. The zero-order chi connectivity index (χ0) is 22.7. The van der Waals surface area contributed by atoms with Crippen LogP contribution in [0, 0.1) is 0 Å². The number of pyridine rings is 1. The van der Waals surface area contributed by atoms with Crippen molar-refractivity contribution in [2.75, 3.05) is 33.4 Å². The van der Waals surface area contributed by atoms with Gasteiger partial charge in [-0.2, -0.15) is 0 Å². The second-order valence-corrected chi connectivity index (χ2v) is 8.98. The summed E-state index contributed by atoms with van der Waals surface area (Å²) in [6, 6.07) is 11.7. The quantitative estimate of drug-likeness (QED) is 0.553. The zero-order valence-electron chi connectivity index (χ0n) is 18.7. The number of hydrogen-bond acceptors (Lipinski definition) is 6. The van der Waals surface area contributed by atoms with E-state index in [1.165, 1.54) is 18.1 Å². The van der Waals surface area contributed by atoms with Crippen LogP contribution < -0.4 is 0 Å². The van der Waals surface area contributed by atoms with Crippen LogP contribution in [0.2, 0.25) is 0 Å². The average Bonchev–Trinajstić information content (AvgIpc) is 3.22. The second-order valence-electron chi connectivity index (χ2n) is 8.98. The molecule has 1 aromatic carbocycles. The Morgan fingerprint density at radius 1 is 1.19 bits per heavy atom. The molecular weight excluding hydrogens is 406 g/mol. The predicted molar refractivity (Wildman–Crippen MR) is 123 cm³/mol. The summed E-state index contributed by atoms with van der Waals surface area (Å²) in [5.74, 6) is 0.117. The number of aliphatic hydroxyl groups is 2. The molecule has 2 aromatic heterocycles. The summed E-state index contributed by atoms with van der Waals surface area (Å²) in [7, 11) is 1.38. The van der Waals surface area contributed by atoms with Crippen LogP contribution in [0.1, 0.15) is 47.2 Å². The van der Waals surface area contributed by atoms with Crippen molar-refractivity contribution in [1.82, 2.24) is 14.5 Å². The Kier molecular flexibility index (Phi) is 6.60. The summed E-state index contributed by atoms with van der Waals surface area (Å²) in [6.45, 7) is 4.42. The number of likely N-dealkylation sites (tertiary alicyclic amines) is 1. The number of β-amino-alcohol motifs (C(OH)–C–C–N with tert-alkyl or cyclic N) is 1. The number of carbonyl (C=O) groups excluding carboxylic acids is 1. The Morgan fingerprint density at radius 3 is 2.56 bits per heavy atom. The van der Waals surface area contributed by atoms with E-state index in [1.54, 1.807) is 19.1 Å². The lowest BCUT2D eigenvalue weighted by atomic mass is 9.88. The Labute approximate surface area is 188 Å². The van der Waals surface area contributed by atoms with Crippen LogP contribution in [-0.2, 0) is 11.3 Å². The molecule has 1 saturated heterocycles. The zero-order valence-corrected chi connectivity index (χ0v) is 18.7. The summed E-state index contributed by atoms with van der Waals surface area (Å²) < 4.78 is 6.90. The van der Waals surface area contributed by atoms with E-state index < -0.39 is 5.60 Å². The third kappa shape index (κ3) is 4.85. The Hall–Kier alpha value is -2.74. The van der Waals surface area contributed by atoms with Crippen LogP contribution in [-0.4, -0.2) is 69.6 Å². The molecule has 3 heterocycles. The van der Waals surface area contributed by atoms with Crippen LogP contribution in [0.4, 0.5) is 0 Å². The molecule has 2 N–H and O–H groups in total. The van der Waals surface area contributed by atoms with Gasteiger partial charge in [-0.1, -0.05) is 12.1 Å². The van der Waals surface area contributed by atoms with Crippen molar-refractivity contribution in [2.24, 2.45) is 0 Å². The number of rotatable bonds is 7. The van der Waals surface area contributed by atoms with Crippen molar-refractivity contribution in [1.29, 1.82) is 0 Å². The number of fused-ring (bicyclic) bond motifs is 1. The van der Waals surface area contributed by atoms with Gasteiger partial charge in [0.05, 0.1) is 24.9 Å². The third-order valence-electron chi connectivity index (χ3n) is 6.36. The Morgan fingerprint density at radius 2 is 1.91 bits per heavy atom. The molecule has 0 spiro atoms. The number of piperidine rings is 1. The minimum absolute atomic E-state index is 0.225. The number of aliphatic hydroxyl groups excluding tert-OH is 1. The predicted octanol–water partition coefficient (Wildman–Crippen LogP) is 2.79. The van der Waals surface area contributed by atoms with E-state index in [9.17, 15) is 15.0 Å². The number of benzene rings is 1. The molecule has 32 heavy (non-hydrogen) atoms. The highest BCUT2D eigenvalue weighted by atomic mass is 16.5. The van der Waals surface area contributed by atoms with Gasteiger partial charge in [0.15, 0.2) is 0 Å². The van der Waals surface area contributed by atoms with Gasteiger partial charge in [-0.15, -0.1) is 0 Å². The van der Waals surface area contributed by atoms with E-state index in [1.807, 2.05) is 18.3 Å². The number of esters is 1. The number of nitrogens with zero attached hydrogens (tertiary/aromatic N) is 3. The standard InChI is InChI=1S/C25H31N3O4/c1-25(31,17-29)16-27-12-8-19(9-13-27)21-7-11-26-23-22(21)10-14-28(23)15-18-3-5-20(6-4-18)24(30)32-2/h3-7,10-11,14,19,29,31H,8-9,12-13,15-17H2,1-2H3. The molecule has 0 saturated carbocycles. The lowest BCUT2D eigenvalue weighted by molar-refractivity contribution is -0.0296. The minimum atomic E-state index is -1.05. The SMILES string of the molecule is COC(=O)c1ccc(Cn2ccc3c(C4CCN(CC(C)(O)CO)CC4)ccnc32)cc1. The van der Waals surface area contributed by atoms with Crippen LogP contribution in [0.5, 0.6) is 0 Å². The van der Waals surface area contributed by atoms with Gasteiger partial charge in [-0.25, -0.2) is 9.78 Å². The van der Waals surface area contributed by atoms with E-state index in [0.29, 0.717) is 24.6 Å². The maximum absolute atomic E-state index is 11.6. The van der Waals surface area contributed by atoms with Crippen molar-refractivity contribution in [3.05, 3.63) is 65.5 Å². The summed E-state index contributed by atoms with van der Waals surface area (Å²) in [5, 5.41) is 20.7. The number of methoxy groups -OCH3 is 1. The molecule has 1 aliphatic heterocycles. The van der Waals surface area contributed by atoms with E-state index in [2.05, 4.69) is 32.8 Å². The van der Waals surface area contributed by atoms with E-state index >= 15 is 0 Å². The fraction of sp³-hybridized carbons (Fsp3) is 0.440. The molecule has 3 aromatic rings. The molecule has 1 fully saturated rings. The number of ether oxygens (including phenoxy) is 1. The van der Waals surface area contributed by atoms with Gasteiger partial charge in [0.2, 0.25) is 0 Å². The normalized spacial score (nSPS) is 17.4. The highest BCUT2D eigenvalue weighted by Gasteiger charge is 2.28. The summed E-state index contributed by atoms with van der Waals surface area (Å²) in [6.07, 6.45) is 5.99. The largest absolute Gasteiger partial charge is 0.465 e. The monoisotopic (exact) mass is 437 g/mol. The lowest BCUT2D eigenvalue weighted by Crippen LogP contribution is -2.46. The second kappa shape index (κ2) is 9.40. The molecule has 4 rings (SSSR count). The molecule has 0 bridgehead atoms.